The Morgan fingerprint density at radius 2 is 1.75 bits per heavy atom. The number of nitrogens with zero attached hydrogens (tertiary/aromatic N) is 3. The van der Waals surface area contributed by atoms with Gasteiger partial charge < -0.3 is 31.2 Å². The van der Waals surface area contributed by atoms with Crippen LogP contribution in [0.3, 0.4) is 0 Å². The molecule has 1 atom stereocenters. The van der Waals surface area contributed by atoms with Gasteiger partial charge in [0.25, 0.3) is 5.91 Å². The van der Waals surface area contributed by atoms with E-state index < -0.39 is 11.9 Å². The normalized spacial score (nSPS) is 11.3. The molecule has 11 heteroatoms. The van der Waals surface area contributed by atoms with Crippen molar-refractivity contribution in [1.29, 1.82) is 5.41 Å². The van der Waals surface area contributed by atoms with Crippen LogP contribution in [0.25, 0.3) is 0 Å². The number of amidine groups is 1. The summed E-state index contributed by atoms with van der Waals surface area (Å²) in [6.07, 6.45) is 2.85. The Hall–Kier alpha value is -4.67. The number of nitrogens with one attached hydrogen (secondary N) is 2. The van der Waals surface area contributed by atoms with Gasteiger partial charge in [-0.1, -0.05) is 12.1 Å². The number of primary amides is 1. The second-order valence-electron chi connectivity index (χ2n) is 8.00. The summed E-state index contributed by atoms with van der Waals surface area (Å²) in [5, 5.41) is 10.7. The third-order valence-corrected chi connectivity index (χ3v) is 5.77. The molecule has 1 unspecified atom stereocenters. The van der Waals surface area contributed by atoms with E-state index in [2.05, 4.69) is 15.3 Å². The number of rotatable bonds is 10. The molecule has 0 aliphatic heterocycles. The van der Waals surface area contributed by atoms with Crippen LogP contribution in [-0.2, 0) is 11.3 Å². The van der Waals surface area contributed by atoms with Gasteiger partial charge in [0.15, 0.2) is 6.04 Å². The van der Waals surface area contributed by atoms with E-state index in [4.69, 9.17) is 26.4 Å². The molecular formula is C25H29N7O4. The molecule has 0 saturated heterocycles. The van der Waals surface area contributed by atoms with Crippen LogP contribution < -0.4 is 31.2 Å². The van der Waals surface area contributed by atoms with E-state index in [0.29, 0.717) is 39.6 Å². The van der Waals surface area contributed by atoms with Crippen LogP contribution in [0.4, 0.5) is 5.69 Å². The molecule has 0 spiro atoms. The zero-order valence-electron chi connectivity index (χ0n) is 20.5. The fourth-order valence-electron chi connectivity index (χ4n) is 3.84. The van der Waals surface area contributed by atoms with Crippen molar-refractivity contribution in [3.63, 3.8) is 0 Å². The molecule has 2 amide bonds. The number of carbonyl (C=O) groups excluding carboxylic acids is 2. The van der Waals surface area contributed by atoms with E-state index in [9.17, 15) is 9.59 Å². The topological polar surface area (TPSA) is 170 Å². The standard InChI is InChI=1S/C25H29N7O4/c1-14-20(35-3)10-17(11-21(14)36-4)25(34)30-12-16-6-5-15(23(26)27)9-19(16)32(2)22(24(28)33)18-7-8-29-13-31-18/h5-11,13,22H,12H2,1-4H3,(H3,26,27)(H2,28,33)(H,30,34). The molecule has 0 saturated carbocycles. The fraction of sp³-hybridized carbons (Fsp3) is 0.240. The number of nitrogen functional groups attached to an aromatic ring is 1. The van der Waals surface area contributed by atoms with E-state index >= 15 is 0 Å². The third-order valence-electron chi connectivity index (χ3n) is 5.77. The number of aromatic nitrogens is 2. The highest BCUT2D eigenvalue weighted by atomic mass is 16.5. The lowest BCUT2D eigenvalue weighted by Gasteiger charge is -2.29. The van der Waals surface area contributed by atoms with Gasteiger partial charge in [-0.3, -0.25) is 15.0 Å². The first-order valence-corrected chi connectivity index (χ1v) is 10.9. The van der Waals surface area contributed by atoms with Gasteiger partial charge >= 0.3 is 0 Å². The Morgan fingerprint density at radius 3 is 2.28 bits per heavy atom. The summed E-state index contributed by atoms with van der Waals surface area (Å²) >= 11 is 0. The highest BCUT2D eigenvalue weighted by Gasteiger charge is 2.27. The van der Waals surface area contributed by atoms with Gasteiger partial charge in [0, 0.05) is 42.2 Å². The Labute approximate surface area is 208 Å². The maximum atomic E-state index is 13.0. The highest BCUT2D eigenvalue weighted by Crippen LogP contribution is 2.31. The van der Waals surface area contributed by atoms with Crippen LogP contribution in [0.1, 0.15) is 38.8 Å². The van der Waals surface area contributed by atoms with Gasteiger partial charge in [-0.25, -0.2) is 9.97 Å². The predicted octanol–water partition coefficient (Wildman–Crippen LogP) is 1.68. The van der Waals surface area contributed by atoms with Crippen LogP contribution in [0, 0.1) is 12.3 Å². The summed E-state index contributed by atoms with van der Waals surface area (Å²) in [7, 11) is 4.72. The van der Waals surface area contributed by atoms with Crippen molar-refractivity contribution in [2.45, 2.75) is 19.5 Å². The maximum absolute atomic E-state index is 13.0. The van der Waals surface area contributed by atoms with Crippen LogP contribution >= 0.6 is 0 Å². The molecule has 6 N–H and O–H groups in total. The third kappa shape index (κ3) is 5.52. The van der Waals surface area contributed by atoms with E-state index in [1.165, 1.54) is 26.7 Å². The summed E-state index contributed by atoms with van der Waals surface area (Å²) in [6, 6.07) is 9.02. The lowest BCUT2D eigenvalue weighted by molar-refractivity contribution is -0.119. The van der Waals surface area contributed by atoms with E-state index in [1.54, 1.807) is 48.3 Å². The van der Waals surface area contributed by atoms with E-state index in [-0.39, 0.29) is 18.3 Å². The second-order valence-corrected chi connectivity index (χ2v) is 8.00. The monoisotopic (exact) mass is 491 g/mol. The van der Waals surface area contributed by atoms with Crippen molar-refractivity contribution < 1.29 is 19.1 Å². The van der Waals surface area contributed by atoms with Gasteiger partial charge in [0.1, 0.15) is 23.7 Å². The van der Waals surface area contributed by atoms with E-state index in [0.717, 1.165) is 5.56 Å². The first kappa shape index (κ1) is 25.9. The quantitative estimate of drug-likeness (QED) is 0.245. The van der Waals surface area contributed by atoms with Crippen molar-refractivity contribution in [3.05, 3.63) is 76.9 Å². The summed E-state index contributed by atoms with van der Waals surface area (Å²) in [6.45, 7) is 1.95. The van der Waals surface area contributed by atoms with Crippen molar-refractivity contribution in [3.8, 4) is 11.5 Å². The number of amides is 2. The molecule has 0 radical (unpaired) electrons. The predicted molar refractivity (Wildman–Crippen MR) is 135 cm³/mol. The van der Waals surface area contributed by atoms with Gasteiger partial charge in [-0.05, 0) is 36.8 Å². The smallest absolute Gasteiger partial charge is 0.251 e. The minimum absolute atomic E-state index is 0.116. The Bertz CT molecular complexity index is 1260. The number of hydrogen-bond donors (Lipinski definition) is 4. The number of likely N-dealkylation sites (N-methyl/N-ethyl adjacent to an activating group) is 1. The summed E-state index contributed by atoms with van der Waals surface area (Å²) in [4.78, 5) is 35.1. The van der Waals surface area contributed by atoms with Gasteiger partial charge in [0.2, 0.25) is 5.91 Å². The number of ether oxygens (including phenoxy) is 2. The average molecular weight is 492 g/mol. The van der Waals surface area contributed by atoms with Crippen molar-refractivity contribution >= 4 is 23.3 Å². The molecule has 3 rings (SSSR count). The summed E-state index contributed by atoms with van der Waals surface area (Å²) < 4.78 is 10.7. The summed E-state index contributed by atoms with van der Waals surface area (Å²) in [5.74, 6) is -0.0622. The Morgan fingerprint density at radius 1 is 1.08 bits per heavy atom. The molecular weight excluding hydrogens is 462 g/mol. The Kier molecular flexibility index (Phi) is 8.05. The number of anilines is 1. The van der Waals surface area contributed by atoms with Crippen LogP contribution in [0.15, 0.2) is 48.9 Å². The van der Waals surface area contributed by atoms with E-state index in [1.807, 2.05) is 6.92 Å². The molecule has 11 nitrogen and oxygen atoms in total. The molecule has 0 fully saturated rings. The minimum Gasteiger partial charge on any atom is -0.496 e. The maximum Gasteiger partial charge on any atom is 0.251 e. The van der Waals surface area contributed by atoms with Crippen molar-refractivity contribution in [2.75, 3.05) is 26.2 Å². The molecule has 0 bridgehead atoms. The van der Waals surface area contributed by atoms with Crippen LogP contribution in [0.5, 0.6) is 11.5 Å². The lowest BCUT2D eigenvalue weighted by atomic mass is 10.0. The fourth-order valence-corrected chi connectivity index (χ4v) is 3.84. The number of hydrogen-bond acceptors (Lipinski definition) is 8. The highest BCUT2D eigenvalue weighted by molar-refractivity contribution is 5.97. The van der Waals surface area contributed by atoms with Gasteiger partial charge in [-0.15, -0.1) is 0 Å². The molecule has 36 heavy (non-hydrogen) atoms. The molecule has 0 aliphatic carbocycles. The second kappa shape index (κ2) is 11.2. The molecule has 3 aromatic rings. The largest absolute Gasteiger partial charge is 0.496 e. The first-order chi connectivity index (χ1) is 17.2. The number of nitrogens with two attached hydrogens (primary N) is 2. The van der Waals surface area contributed by atoms with Crippen molar-refractivity contribution in [2.24, 2.45) is 11.5 Å². The van der Waals surface area contributed by atoms with Crippen molar-refractivity contribution in [1.82, 2.24) is 15.3 Å². The molecule has 1 aromatic heterocycles. The van der Waals surface area contributed by atoms with Gasteiger partial charge in [-0.2, -0.15) is 0 Å². The lowest BCUT2D eigenvalue weighted by Crippen LogP contribution is -2.37. The number of benzene rings is 2. The SMILES string of the molecule is COc1cc(C(=O)NCc2ccc(C(=N)N)cc2N(C)C(C(N)=O)c2ccncn2)cc(OC)c1C. The first-order valence-electron chi connectivity index (χ1n) is 10.9. The average Bonchev–Trinajstić information content (AvgIpc) is 2.87. The molecule has 1 heterocycles. The van der Waals surface area contributed by atoms with Crippen LogP contribution in [0.2, 0.25) is 0 Å². The molecule has 0 aliphatic rings. The number of methoxy groups -OCH3 is 2. The summed E-state index contributed by atoms with van der Waals surface area (Å²) in [5.41, 5.74) is 14.6. The molecule has 188 valence electrons. The minimum atomic E-state index is -0.921. The molecule has 2 aromatic carbocycles. The zero-order chi connectivity index (χ0) is 26.4. The van der Waals surface area contributed by atoms with Gasteiger partial charge in [0.05, 0.1) is 19.9 Å². The Balaban J connectivity index is 1.95. The number of carbonyl (C=O) groups is 2. The zero-order valence-corrected chi connectivity index (χ0v) is 20.5. The van der Waals surface area contributed by atoms with Crippen LogP contribution in [-0.4, -0.2) is 48.9 Å².